The number of ether oxygens (including phenoxy) is 1. The molecular weight excluding hydrogens is 440 g/mol. The quantitative estimate of drug-likeness (QED) is 0.476. The standard InChI is InChI=1S/C26H27F2N3O3/c1-3-17-5-7-18(8-6-17)24-16-23(26(33)34-4-2)29-31(24)20-11-13-30(14-12-20)25(32)21-10-9-19(27)15-22(21)28/h5-10,15-16,20H,3-4,11-14H2,1-2H3. The number of carbonyl (C=O) groups is 2. The van der Waals surface area contributed by atoms with Gasteiger partial charge in [0, 0.05) is 19.2 Å². The number of carbonyl (C=O) groups excluding carboxylic acids is 2. The molecule has 1 saturated heterocycles. The molecule has 0 saturated carbocycles. The van der Waals surface area contributed by atoms with Gasteiger partial charge < -0.3 is 9.64 Å². The summed E-state index contributed by atoms with van der Waals surface area (Å²) in [6, 6.07) is 12.8. The number of hydrogen-bond donors (Lipinski definition) is 0. The molecule has 2 aromatic carbocycles. The van der Waals surface area contributed by atoms with E-state index >= 15 is 0 Å². The molecular formula is C26H27F2N3O3. The van der Waals surface area contributed by atoms with Crippen LogP contribution in [0.5, 0.6) is 0 Å². The molecule has 1 aromatic heterocycles. The van der Waals surface area contributed by atoms with Gasteiger partial charge >= 0.3 is 5.97 Å². The Balaban J connectivity index is 1.56. The summed E-state index contributed by atoms with van der Waals surface area (Å²) < 4.78 is 34.3. The molecule has 0 unspecified atom stereocenters. The van der Waals surface area contributed by atoms with E-state index in [4.69, 9.17) is 4.74 Å². The predicted octanol–water partition coefficient (Wildman–Crippen LogP) is 5.04. The number of hydrogen-bond acceptors (Lipinski definition) is 4. The first kappa shape index (κ1) is 23.6. The zero-order valence-corrected chi connectivity index (χ0v) is 19.3. The van der Waals surface area contributed by atoms with Crippen molar-refractivity contribution in [2.45, 2.75) is 39.2 Å². The second-order valence-electron chi connectivity index (χ2n) is 8.28. The lowest BCUT2D eigenvalue weighted by atomic mass is 10.0. The Morgan fingerprint density at radius 3 is 2.35 bits per heavy atom. The summed E-state index contributed by atoms with van der Waals surface area (Å²) in [5.74, 6) is -2.52. The van der Waals surface area contributed by atoms with Gasteiger partial charge in [-0.05, 0) is 55.5 Å². The normalized spacial score (nSPS) is 14.3. The summed E-state index contributed by atoms with van der Waals surface area (Å²) in [5.41, 5.74) is 3.05. The van der Waals surface area contributed by atoms with Crippen LogP contribution >= 0.6 is 0 Å². The lowest BCUT2D eigenvalue weighted by Gasteiger charge is -2.33. The number of esters is 1. The minimum atomic E-state index is -0.865. The molecule has 1 amide bonds. The summed E-state index contributed by atoms with van der Waals surface area (Å²) in [6.45, 7) is 4.87. The van der Waals surface area contributed by atoms with Crippen molar-refractivity contribution in [3.05, 3.63) is 77.0 Å². The van der Waals surface area contributed by atoms with E-state index in [1.165, 1.54) is 11.6 Å². The summed E-state index contributed by atoms with van der Waals surface area (Å²) in [4.78, 5) is 26.7. The smallest absolute Gasteiger partial charge is 0.358 e. The monoisotopic (exact) mass is 467 g/mol. The summed E-state index contributed by atoms with van der Waals surface area (Å²) in [5, 5.41) is 4.56. The van der Waals surface area contributed by atoms with Crippen LogP contribution in [-0.4, -0.2) is 46.3 Å². The van der Waals surface area contributed by atoms with E-state index in [0.29, 0.717) is 25.9 Å². The second kappa shape index (κ2) is 10.2. The fourth-order valence-electron chi connectivity index (χ4n) is 4.25. The lowest BCUT2D eigenvalue weighted by molar-refractivity contribution is 0.0517. The van der Waals surface area contributed by atoms with Gasteiger partial charge in [-0.1, -0.05) is 31.2 Å². The Hall–Kier alpha value is -3.55. The van der Waals surface area contributed by atoms with Crippen LogP contribution in [0.2, 0.25) is 0 Å². The molecule has 2 heterocycles. The maximum absolute atomic E-state index is 14.1. The summed E-state index contributed by atoms with van der Waals surface area (Å²) in [6.07, 6.45) is 2.09. The molecule has 4 rings (SSSR count). The molecule has 0 N–H and O–H groups in total. The van der Waals surface area contributed by atoms with Crippen molar-refractivity contribution < 1.29 is 23.1 Å². The van der Waals surface area contributed by atoms with E-state index in [2.05, 4.69) is 24.2 Å². The highest BCUT2D eigenvalue weighted by Gasteiger charge is 2.29. The third-order valence-electron chi connectivity index (χ3n) is 6.14. The third kappa shape index (κ3) is 4.85. The number of halogens is 2. The van der Waals surface area contributed by atoms with Gasteiger partial charge in [-0.25, -0.2) is 13.6 Å². The zero-order valence-electron chi connectivity index (χ0n) is 19.3. The van der Waals surface area contributed by atoms with Gasteiger partial charge in [-0.2, -0.15) is 5.10 Å². The number of likely N-dealkylation sites (tertiary alicyclic amines) is 1. The average molecular weight is 468 g/mol. The molecule has 0 aliphatic carbocycles. The Morgan fingerprint density at radius 2 is 1.74 bits per heavy atom. The minimum Gasteiger partial charge on any atom is -0.461 e. The first-order valence-electron chi connectivity index (χ1n) is 11.5. The topological polar surface area (TPSA) is 64.4 Å². The third-order valence-corrected chi connectivity index (χ3v) is 6.14. The first-order valence-corrected chi connectivity index (χ1v) is 11.5. The largest absolute Gasteiger partial charge is 0.461 e. The van der Waals surface area contributed by atoms with Gasteiger partial charge in [0.2, 0.25) is 0 Å². The van der Waals surface area contributed by atoms with Gasteiger partial charge in [0.1, 0.15) is 11.6 Å². The van der Waals surface area contributed by atoms with Crippen molar-refractivity contribution >= 4 is 11.9 Å². The van der Waals surface area contributed by atoms with Crippen molar-refractivity contribution in [3.8, 4) is 11.3 Å². The second-order valence-corrected chi connectivity index (χ2v) is 8.28. The Labute approximate surface area is 197 Å². The molecule has 6 nitrogen and oxygen atoms in total. The Morgan fingerprint density at radius 1 is 1.03 bits per heavy atom. The zero-order chi connectivity index (χ0) is 24.2. The Bertz CT molecular complexity index is 1180. The van der Waals surface area contributed by atoms with Gasteiger partial charge in [0.05, 0.1) is 23.9 Å². The van der Waals surface area contributed by atoms with Gasteiger partial charge in [0.25, 0.3) is 5.91 Å². The van der Waals surface area contributed by atoms with Crippen molar-refractivity contribution in [1.29, 1.82) is 0 Å². The Kier molecular flexibility index (Phi) is 7.05. The van der Waals surface area contributed by atoms with E-state index < -0.39 is 23.5 Å². The number of nitrogens with zero attached hydrogens (tertiary/aromatic N) is 3. The van der Waals surface area contributed by atoms with Crippen LogP contribution in [0.4, 0.5) is 8.78 Å². The van der Waals surface area contributed by atoms with Crippen LogP contribution in [0, 0.1) is 11.6 Å². The fraction of sp³-hybridized carbons (Fsp3) is 0.346. The maximum Gasteiger partial charge on any atom is 0.358 e. The molecule has 34 heavy (non-hydrogen) atoms. The highest BCUT2D eigenvalue weighted by Crippen LogP contribution is 2.31. The average Bonchev–Trinajstić information content (AvgIpc) is 3.30. The maximum atomic E-state index is 14.1. The van der Waals surface area contributed by atoms with E-state index in [0.717, 1.165) is 29.8 Å². The van der Waals surface area contributed by atoms with Crippen molar-refractivity contribution in [2.75, 3.05) is 19.7 Å². The molecule has 1 aliphatic rings. The van der Waals surface area contributed by atoms with E-state index in [1.807, 2.05) is 16.8 Å². The fourth-order valence-corrected chi connectivity index (χ4v) is 4.25. The number of rotatable bonds is 6. The van der Waals surface area contributed by atoms with Gasteiger partial charge in [0.15, 0.2) is 5.69 Å². The summed E-state index contributed by atoms with van der Waals surface area (Å²) >= 11 is 0. The number of aromatic nitrogens is 2. The van der Waals surface area contributed by atoms with E-state index in [-0.39, 0.29) is 23.9 Å². The highest BCUT2D eigenvalue weighted by molar-refractivity contribution is 5.94. The number of aryl methyl sites for hydroxylation is 1. The van der Waals surface area contributed by atoms with Crippen LogP contribution in [0.25, 0.3) is 11.3 Å². The molecule has 0 atom stereocenters. The lowest BCUT2D eigenvalue weighted by Crippen LogP contribution is -2.39. The van der Waals surface area contributed by atoms with Crippen LogP contribution < -0.4 is 0 Å². The molecule has 0 radical (unpaired) electrons. The van der Waals surface area contributed by atoms with Crippen LogP contribution in [0.3, 0.4) is 0 Å². The van der Waals surface area contributed by atoms with Crippen LogP contribution in [0.15, 0.2) is 48.5 Å². The summed E-state index contributed by atoms with van der Waals surface area (Å²) in [7, 11) is 0. The molecule has 1 fully saturated rings. The highest BCUT2D eigenvalue weighted by atomic mass is 19.1. The SMILES string of the molecule is CCOC(=O)c1cc(-c2ccc(CC)cc2)n(C2CCN(C(=O)c3ccc(F)cc3F)CC2)n1. The predicted molar refractivity (Wildman–Crippen MR) is 124 cm³/mol. The molecule has 0 bridgehead atoms. The van der Waals surface area contributed by atoms with Gasteiger partial charge in [-0.15, -0.1) is 0 Å². The van der Waals surface area contributed by atoms with Crippen molar-refractivity contribution in [1.82, 2.24) is 14.7 Å². The molecule has 0 spiro atoms. The molecule has 3 aromatic rings. The minimum absolute atomic E-state index is 0.0499. The number of benzene rings is 2. The van der Waals surface area contributed by atoms with Crippen molar-refractivity contribution in [2.24, 2.45) is 0 Å². The van der Waals surface area contributed by atoms with E-state index in [1.54, 1.807) is 17.9 Å². The molecule has 1 aliphatic heterocycles. The first-order chi connectivity index (χ1) is 16.4. The van der Waals surface area contributed by atoms with Crippen LogP contribution in [0.1, 0.15) is 59.1 Å². The van der Waals surface area contributed by atoms with E-state index in [9.17, 15) is 18.4 Å². The molecule has 178 valence electrons. The van der Waals surface area contributed by atoms with Gasteiger partial charge in [-0.3, -0.25) is 9.48 Å². The number of amides is 1. The van der Waals surface area contributed by atoms with Crippen molar-refractivity contribution in [3.63, 3.8) is 0 Å². The molecule has 8 heteroatoms. The number of piperidine rings is 1. The van der Waals surface area contributed by atoms with Crippen LogP contribution in [-0.2, 0) is 11.2 Å².